The quantitative estimate of drug-likeness (QED) is 0.747. The van der Waals surface area contributed by atoms with E-state index in [0.717, 1.165) is 33.5 Å². The van der Waals surface area contributed by atoms with Crippen molar-refractivity contribution in [1.82, 2.24) is 24.7 Å². The molecule has 3 rings (SSSR count). The van der Waals surface area contributed by atoms with Crippen molar-refractivity contribution in [2.75, 3.05) is 11.9 Å². The third-order valence-corrected chi connectivity index (χ3v) is 4.19. The van der Waals surface area contributed by atoms with Gasteiger partial charge in [0.2, 0.25) is 5.95 Å². The van der Waals surface area contributed by atoms with Gasteiger partial charge in [-0.15, -0.1) is 10.2 Å². The highest BCUT2D eigenvalue weighted by molar-refractivity contribution is 7.99. The molecular weight excluding hydrogens is 284 g/mol. The normalized spacial score (nSPS) is 11.0. The molecule has 3 aromatic rings. The van der Waals surface area contributed by atoms with Crippen LogP contribution >= 0.6 is 11.8 Å². The molecule has 0 amide bonds. The molecule has 0 saturated carbocycles. The molecule has 2 aromatic heterocycles. The number of benzene rings is 1. The number of hydrogen-bond acceptors (Lipinski definition) is 6. The number of aryl methyl sites for hydroxylation is 1. The zero-order valence-electron chi connectivity index (χ0n) is 12.2. The van der Waals surface area contributed by atoms with Crippen LogP contribution in [-0.2, 0) is 7.05 Å². The van der Waals surface area contributed by atoms with Crippen molar-refractivity contribution in [3.8, 4) is 0 Å². The Hall–Kier alpha value is -2.15. The van der Waals surface area contributed by atoms with Crippen molar-refractivity contribution in [3.63, 3.8) is 0 Å². The summed E-state index contributed by atoms with van der Waals surface area (Å²) in [6.45, 7) is 4.74. The van der Waals surface area contributed by atoms with Gasteiger partial charge in [0.25, 0.3) is 0 Å². The minimum Gasteiger partial charge on any atom is -0.354 e. The van der Waals surface area contributed by atoms with Crippen LogP contribution in [0.1, 0.15) is 12.7 Å². The maximum Gasteiger partial charge on any atom is 0.224 e. The molecule has 2 heterocycles. The summed E-state index contributed by atoms with van der Waals surface area (Å²) < 4.78 is 1.95. The van der Waals surface area contributed by atoms with Gasteiger partial charge in [-0.2, -0.15) is 0 Å². The lowest BCUT2D eigenvalue weighted by molar-refractivity contribution is 0.765. The summed E-state index contributed by atoms with van der Waals surface area (Å²) in [6.07, 6.45) is 0. The lowest BCUT2D eigenvalue weighted by Crippen LogP contribution is -2.03. The van der Waals surface area contributed by atoms with Crippen molar-refractivity contribution in [2.45, 2.75) is 24.0 Å². The molecule has 108 valence electrons. The Kier molecular flexibility index (Phi) is 3.74. The first-order valence-electron chi connectivity index (χ1n) is 6.73. The molecule has 0 radical (unpaired) electrons. The van der Waals surface area contributed by atoms with Crippen LogP contribution in [0.5, 0.6) is 0 Å². The SMILES string of the molecule is CCNc1nc(Sc2nnc(C)n2C)c2ccccc2n1. The van der Waals surface area contributed by atoms with Crippen molar-refractivity contribution in [1.29, 1.82) is 0 Å². The van der Waals surface area contributed by atoms with Gasteiger partial charge in [-0.05, 0) is 31.7 Å². The van der Waals surface area contributed by atoms with E-state index in [0.29, 0.717) is 5.95 Å². The van der Waals surface area contributed by atoms with Gasteiger partial charge in [-0.1, -0.05) is 18.2 Å². The number of fused-ring (bicyclic) bond motifs is 1. The van der Waals surface area contributed by atoms with Crippen LogP contribution < -0.4 is 5.32 Å². The van der Waals surface area contributed by atoms with E-state index in [1.54, 1.807) is 0 Å². The maximum atomic E-state index is 4.60. The maximum absolute atomic E-state index is 4.60. The Morgan fingerprint density at radius 2 is 2.00 bits per heavy atom. The number of anilines is 1. The Morgan fingerprint density at radius 3 is 2.71 bits per heavy atom. The van der Waals surface area contributed by atoms with Gasteiger partial charge in [0.05, 0.1) is 5.52 Å². The first kappa shape index (κ1) is 13.8. The van der Waals surface area contributed by atoms with Crippen molar-refractivity contribution in [3.05, 3.63) is 30.1 Å². The molecule has 0 spiro atoms. The van der Waals surface area contributed by atoms with E-state index < -0.39 is 0 Å². The molecule has 0 atom stereocenters. The third-order valence-electron chi connectivity index (χ3n) is 3.14. The Bertz CT molecular complexity index is 782. The van der Waals surface area contributed by atoms with Gasteiger partial charge in [-0.3, -0.25) is 0 Å². The van der Waals surface area contributed by atoms with Gasteiger partial charge in [0, 0.05) is 19.0 Å². The fourth-order valence-corrected chi connectivity index (χ4v) is 2.86. The van der Waals surface area contributed by atoms with Crippen LogP contribution in [-0.4, -0.2) is 31.3 Å². The standard InChI is InChI=1S/C14H16N6S/c1-4-15-13-16-11-8-6-5-7-10(11)12(17-13)21-14-19-18-9(2)20(14)3/h5-8H,4H2,1-3H3,(H,15,16,17). The van der Waals surface area contributed by atoms with E-state index in [-0.39, 0.29) is 0 Å². The zero-order valence-corrected chi connectivity index (χ0v) is 13.0. The highest BCUT2D eigenvalue weighted by atomic mass is 32.2. The van der Waals surface area contributed by atoms with Gasteiger partial charge in [0.15, 0.2) is 5.16 Å². The van der Waals surface area contributed by atoms with E-state index in [2.05, 4.69) is 25.5 Å². The number of nitrogens with zero attached hydrogens (tertiary/aromatic N) is 5. The molecule has 7 heteroatoms. The van der Waals surface area contributed by atoms with E-state index in [1.807, 2.05) is 49.7 Å². The fourth-order valence-electron chi connectivity index (χ4n) is 1.93. The molecule has 0 unspecified atom stereocenters. The minimum absolute atomic E-state index is 0.637. The third kappa shape index (κ3) is 2.69. The van der Waals surface area contributed by atoms with E-state index in [1.165, 1.54) is 11.8 Å². The fraction of sp³-hybridized carbons (Fsp3) is 0.286. The van der Waals surface area contributed by atoms with Crippen LogP contribution in [0.3, 0.4) is 0 Å². The largest absolute Gasteiger partial charge is 0.354 e. The number of hydrogen-bond donors (Lipinski definition) is 1. The Labute approximate surface area is 127 Å². The van der Waals surface area contributed by atoms with Gasteiger partial charge in [0.1, 0.15) is 10.9 Å². The first-order chi connectivity index (χ1) is 10.2. The molecule has 1 aromatic carbocycles. The minimum atomic E-state index is 0.637. The second kappa shape index (κ2) is 5.69. The van der Waals surface area contributed by atoms with Crippen LogP contribution in [0.15, 0.2) is 34.4 Å². The zero-order chi connectivity index (χ0) is 14.8. The van der Waals surface area contributed by atoms with Crippen molar-refractivity contribution >= 4 is 28.6 Å². The lowest BCUT2D eigenvalue weighted by Gasteiger charge is -2.08. The van der Waals surface area contributed by atoms with Crippen LogP contribution in [0.25, 0.3) is 10.9 Å². The summed E-state index contributed by atoms with van der Waals surface area (Å²) in [5.74, 6) is 1.51. The van der Waals surface area contributed by atoms with Crippen LogP contribution in [0, 0.1) is 6.92 Å². The first-order valence-corrected chi connectivity index (χ1v) is 7.55. The van der Waals surface area contributed by atoms with Crippen molar-refractivity contribution in [2.24, 2.45) is 7.05 Å². The average Bonchev–Trinajstić information content (AvgIpc) is 2.80. The molecule has 0 fully saturated rings. The number of para-hydroxylation sites is 1. The molecule has 0 aliphatic rings. The molecule has 0 saturated heterocycles. The number of aromatic nitrogens is 5. The summed E-state index contributed by atoms with van der Waals surface area (Å²) >= 11 is 1.50. The molecule has 0 aliphatic heterocycles. The van der Waals surface area contributed by atoms with Gasteiger partial charge in [-0.25, -0.2) is 9.97 Å². The molecular formula is C14H16N6S. The monoisotopic (exact) mass is 300 g/mol. The van der Waals surface area contributed by atoms with Gasteiger partial charge < -0.3 is 9.88 Å². The Morgan fingerprint density at radius 1 is 1.19 bits per heavy atom. The summed E-state index contributed by atoms with van der Waals surface area (Å²) in [6, 6.07) is 7.98. The predicted molar refractivity (Wildman–Crippen MR) is 83.6 cm³/mol. The topological polar surface area (TPSA) is 68.5 Å². The summed E-state index contributed by atoms with van der Waals surface area (Å²) in [7, 11) is 1.95. The molecule has 0 aliphatic carbocycles. The highest BCUT2D eigenvalue weighted by Crippen LogP contribution is 2.31. The van der Waals surface area contributed by atoms with E-state index in [9.17, 15) is 0 Å². The predicted octanol–water partition coefficient (Wildman–Crippen LogP) is 2.65. The van der Waals surface area contributed by atoms with E-state index >= 15 is 0 Å². The smallest absolute Gasteiger partial charge is 0.224 e. The Balaban J connectivity index is 2.09. The summed E-state index contributed by atoms with van der Waals surface area (Å²) in [4.78, 5) is 9.11. The van der Waals surface area contributed by atoms with Crippen molar-refractivity contribution < 1.29 is 0 Å². The highest BCUT2D eigenvalue weighted by Gasteiger charge is 2.13. The molecule has 0 bridgehead atoms. The lowest BCUT2D eigenvalue weighted by atomic mass is 10.2. The second-order valence-corrected chi connectivity index (χ2v) is 5.55. The molecule has 6 nitrogen and oxygen atoms in total. The number of nitrogens with one attached hydrogen (secondary N) is 1. The molecule has 1 N–H and O–H groups in total. The molecule has 21 heavy (non-hydrogen) atoms. The second-order valence-electron chi connectivity index (χ2n) is 4.59. The summed E-state index contributed by atoms with van der Waals surface area (Å²) in [5.41, 5.74) is 0.921. The van der Waals surface area contributed by atoms with Crippen LogP contribution in [0.4, 0.5) is 5.95 Å². The van der Waals surface area contributed by atoms with Gasteiger partial charge >= 0.3 is 0 Å². The van der Waals surface area contributed by atoms with E-state index in [4.69, 9.17) is 0 Å². The average molecular weight is 300 g/mol. The van der Waals surface area contributed by atoms with Crippen LogP contribution in [0.2, 0.25) is 0 Å². The summed E-state index contributed by atoms with van der Waals surface area (Å²) in [5, 5.41) is 14.2. The number of rotatable bonds is 4.